The van der Waals surface area contributed by atoms with Gasteiger partial charge in [-0.15, -0.1) is 0 Å². The van der Waals surface area contributed by atoms with E-state index in [0.29, 0.717) is 0 Å². The lowest BCUT2D eigenvalue weighted by Crippen LogP contribution is -2.43. The van der Waals surface area contributed by atoms with Crippen LogP contribution in [0, 0.1) is 5.41 Å². The summed E-state index contributed by atoms with van der Waals surface area (Å²) >= 11 is 0. The van der Waals surface area contributed by atoms with Gasteiger partial charge in [0.05, 0.1) is 21.3 Å². The average Bonchev–Trinajstić information content (AvgIpc) is 3.08. The smallest absolute Gasteiger partial charge is 0.0978 e. The highest BCUT2D eigenvalue weighted by Gasteiger charge is 2.66. The van der Waals surface area contributed by atoms with Crippen molar-refractivity contribution in [2.45, 2.75) is 64.2 Å². The molecule has 1 N–H and O–H groups in total. The molecule has 2 atom stereocenters. The first-order valence-electron chi connectivity index (χ1n) is 7.56. The molecule has 20 heavy (non-hydrogen) atoms. The number of rotatable bonds is 5. The van der Waals surface area contributed by atoms with E-state index in [-0.39, 0.29) is 15.7 Å². The molecule has 0 spiro atoms. The van der Waals surface area contributed by atoms with E-state index in [4.69, 9.17) is 0 Å². The van der Waals surface area contributed by atoms with Gasteiger partial charge in [0, 0.05) is 0 Å². The van der Waals surface area contributed by atoms with Gasteiger partial charge in [-0.3, -0.25) is 0 Å². The van der Waals surface area contributed by atoms with Crippen molar-refractivity contribution in [2.24, 2.45) is 5.41 Å². The van der Waals surface area contributed by atoms with Crippen molar-refractivity contribution in [1.29, 1.82) is 0 Å². The van der Waals surface area contributed by atoms with Crippen LogP contribution in [0.2, 0.25) is 0 Å². The van der Waals surface area contributed by atoms with Crippen molar-refractivity contribution in [1.82, 2.24) is 4.72 Å². The molecule has 3 heteroatoms. The molecule has 1 aromatic carbocycles. The van der Waals surface area contributed by atoms with Gasteiger partial charge in [-0.2, -0.15) is 0 Å². The zero-order valence-electron chi connectivity index (χ0n) is 13.3. The second-order valence-electron chi connectivity index (χ2n) is 6.92. The molecule has 1 aliphatic carbocycles. The lowest BCUT2D eigenvalue weighted by molar-refractivity contribution is 0.373. The molecule has 0 bridgehead atoms. The fourth-order valence-electron chi connectivity index (χ4n) is 3.21. The van der Waals surface area contributed by atoms with Crippen LogP contribution in [-0.2, 0) is 16.5 Å². The molecule has 1 unspecified atom stereocenters. The van der Waals surface area contributed by atoms with Crippen LogP contribution in [0.5, 0.6) is 0 Å². The van der Waals surface area contributed by atoms with Crippen LogP contribution < -0.4 is 4.72 Å². The van der Waals surface area contributed by atoms with E-state index in [9.17, 15) is 4.21 Å². The summed E-state index contributed by atoms with van der Waals surface area (Å²) in [5, 5.41) is 0. The van der Waals surface area contributed by atoms with Crippen molar-refractivity contribution < 1.29 is 4.21 Å². The molecular weight excluding hydrogens is 266 g/mol. The molecule has 1 saturated carbocycles. The maximum absolute atomic E-state index is 12.6. The Balaban J connectivity index is 2.37. The number of benzene rings is 1. The maximum Gasteiger partial charge on any atom is 0.0978 e. The fourth-order valence-corrected chi connectivity index (χ4v) is 4.24. The summed E-state index contributed by atoms with van der Waals surface area (Å²) in [7, 11) is -1.04. The Bertz CT molecular complexity index is 487. The van der Waals surface area contributed by atoms with E-state index in [0.717, 1.165) is 19.3 Å². The molecule has 1 aromatic rings. The van der Waals surface area contributed by atoms with Crippen molar-refractivity contribution >= 4 is 11.0 Å². The van der Waals surface area contributed by atoms with Gasteiger partial charge in [0.15, 0.2) is 0 Å². The van der Waals surface area contributed by atoms with Crippen LogP contribution in [0.25, 0.3) is 0 Å². The highest BCUT2D eigenvalue weighted by atomic mass is 32.2. The van der Waals surface area contributed by atoms with Crippen LogP contribution in [-0.4, -0.2) is 8.96 Å². The van der Waals surface area contributed by atoms with Gasteiger partial charge in [-0.05, 0) is 51.0 Å². The Labute approximate surface area is 125 Å². The third-order valence-corrected chi connectivity index (χ3v) is 6.47. The highest BCUT2D eigenvalue weighted by molar-refractivity contribution is 7.84. The topological polar surface area (TPSA) is 29.1 Å². The first-order chi connectivity index (χ1) is 9.31. The minimum absolute atomic E-state index is 0.115. The Kier molecular flexibility index (Phi) is 4.14. The molecule has 2 nitrogen and oxygen atoms in total. The zero-order valence-corrected chi connectivity index (χ0v) is 14.1. The summed E-state index contributed by atoms with van der Waals surface area (Å²) in [5.41, 5.74) is 1.41. The SMILES string of the molecule is CCC1(CC)C[C@]1(NS(=O)C(C)(C)C)c1ccccc1. The van der Waals surface area contributed by atoms with Gasteiger partial charge in [0.1, 0.15) is 0 Å². The summed E-state index contributed by atoms with van der Waals surface area (Å²) in [5.74, 6) is 0. The molecule has 0 aliphatic heterocycles. The summed E-state index contributed by atoms with van der Waals surface area (Å²) in [6, 6.07) is 10.5. The first kappa shape index (κ1) is 15.7. The predicted molar refractivity (Wildman–Crippen MR) is 86.8 cm³/mol. The van der Waals surface area contributed by atoms with E-state index in [1.807, 2.05) is 26.8 Å². The van der Waals surface area contributed by atoms with Gasteiger partial charge in [-0.1, -0.05) is 44.2 Å². The molecular formula is C17H27NOS. The molecule has 2 rings (SSSR count). The van der Waals surface area contributed by atoms with Crippen molar-refractivity contribution in [3.05, 3.63) is 35.9 Å². The van der Waals surface area contributed by atoms with Crippen molar-refractivity contribution in [3.63, 3.8) is 0 Å². The summed E-state index contributed by atoms with van der Waals surface area (Å²) in [6.45, 7) is 10.6. The van der Waals surface area contributed by atoms with Crippen molar-refractivity contribution in [2.75, 3.05) is 0 Å². The summed E-state index contributed by atoms with van der Waals surface area (Å²) < 4.78 is 15.9. The van der Waals surface area contributed by atoms with Gasteiger partial charge in [-0.25, -0.2) is 8.93 Å². The van der Waals surface area contributed by atoms with E-state index in [2.05, 4.69) is 42.8 Å². The zero-order chi connectivity index (χ0) is 15.0. The van der Waals surface area contributed by atoms with Crippen LogP contribution >= 0.6 is 0 Å². The molecule has 0 aromatic heterocycles. The minimum atomic E-state index is -1.04. The van der Waals surface area contributed by atoms with Gasteiger partial charge >= 0.3 is 0 Å². The second-order valence-corrected chi connectivity index (χ2v) is 8.89. The van der Waals surface area contributed by atoms with E-state index in [1.54, 1.807) is 0 Å². The number of hydrogen-bond acceptors (Lipinski definition) is 1. The highest BCUT2D eigenvalue weighted by Crippen LogP contribution is 2.67. The Morgan fingerprint density at radius 2 is 1.70 bits per heavy atom. The van der Waals surface area contributed by atoms with Gasteiger partial charge in [0.25, 0.3) is 0 Å². The predicted octanol–water partition coefficient (Wildman–Crippen LogP) is 4.14. The monoisotopic (exact) mass is 293 g/mol. The third-order valence-electron chi connectivity index (χ3n) is 4.83. The molecule has 0 heterocycles. The quantitative estimate of drug-likeness (QED) is 0.868. The Morgan fingerprint density at radius 3 is 2.10 bits per heavy atom. The largest absolute Gasteiger partial charge is 0.242 e. The first-order valence-corrected chi connectivity index (χ1v) is 8.71. The summed E-state index contributed by atoms with van der Waals surface area (Å²) in [4.78, 5) is 0. The van der Waals surface area contributed by atoms with Crippen LogP contribution in [0.1, 0.15) is 59.4 Å². The van der Waals surface area contributed by atoms with Crippen LogP contribution in [0.4, 0.5) is 0 Å². The molecule has 0 saturated heterocycles. The van der Waals surface area contributed by atoms with Gasteiger partial charge in [0.2, 0.25) is 0 Å². The number of hydrogen-bond donors (Lipinski definition) is 1. The second kappa shape index (κ2) is 5.27. The average molecular weight is 293 g/mol. The molecule has 0 amide bonds. The molecule has 112 valence electrons. The van der Waals surface area contributed by atoms with E-state index in [1.165, 1.54) is 5.56 Å². The standard InChI is InChI=1S/C17H27NOS/c1-6-16(7-2)13-17(16,14-11-9-8-10-12-14)18-20(19)15(3,4)5/h8-12,18H,6-7,13H2,1-5H3/t17-,20?/m0/s1. The number of nitrogens with one attached hydrogen (secondary N) is 1. The lowest BCUT2D eigenvalue weighted by atomic mass is 9.89. The lowest BCUT2D eigenvalue weighted by Gasteiger charge is -2.29. The Morgan fingerprint density at radius 1 is 1.15 bits per heavy atom. The molecule has 1 fully saturated rings. The summed E-state index contributed by atoms with van der Waals surface area (Å²) in [6.07, 6.45) is 3.32. The minimum Gasteiger partial charge on any atom is -0.242 e. The fraction of sp³-hybridized carbons (Fsp3) is 0.647. The van der Waals surface area contributed by atoms with Crippen LogP contribution in [0.15, 0.2) is 30.3 Å². The van der Waals surface area contributed by atoms with Crippen molar-refractivity contribution in [3.8, 4) is 0 Å². The molecule has 1 aliphatic rings. The van der Waals surface area contributed by atoms with Crippen LogP contribution in [0.3, 0.4) is 0 Å². The van der Waals surface area contributed by atoms with Gasteiger partial charge < -0.3 is 0 Å². The maximum atomic E-state index is 12.6. The Hall–Kier alpha value is -0.670. The normalized spacial score (nSPS) is 26.2. The van der Waals surface area contributed by atoms with E-state index >= 15 is 0 Å². The van der Waals surface area contributed by atoms with E-state index < -0.39 is 11.0 Å². The molecule has 0 radical (unpaired) electrons. The third kappa shape index (κ3) is 2.46.